The van der Waals surface area contributed by atoms with Gasteiger partial charge in [-0.3, -0.25) is 9.59 Å². The summed E-state index contributed by atoms with van der Waals surface area (Å²) in [6.07, 6.45) is 52.1. The quantitative estimate of drug-likeness (QED) is 0.0324. The number of unbranched alkanes of at least 4 members (excludes halogenated alkanes) is 28. The number of aliphatic hydroxyl groups is 2. The number of hydrogen-bond donors (Lipinski definition) is 3. The number of nitrogens with one attached hydrogen (secondary N) is 1. The number of rotatable bonds is 44. The minimum Gasteiger partial charge on any atom is -0.462 e. The number of allylic oxidation sites excluding steroid dienone is 6. The second-order valence-corrected chi connectivity index (χ2v) is 16.9. The molecule has 334 valence electrons. The summed E-state index contributed by atoms with van der Waals surface area (Å²) in [4.78, 5) is 26.0. The maximum atomic E-state index is 13.2. The third kappa shape index (κ3) is 40.6. The molecule has 0 bridgehead atoms. The van der Waals surface area contributed by atoms with E-state index in [2.05, 4.69) is 62.5 Å². The normalized spacial score (nSPS) is 13.6. The van der Waals surface area contributed by atoms with Gasteiger partial charge in [0.1, 0.15) is 6.10 Å². The zero-order chi connectivity index (χ0) is 41.7. The number of carbonyl (C=O) groups is 2. The molecule has 6 nitrogen and oxygen atoms in total. The van der Waals surface area contributed by atoms with Gasteiger partial charge in [0.15, 0.2) is 0 Å². The van der Waals surface area contributed by atoms with E-state index in [1.807, 2.05) is 0 Å². The Kier molecular flexibility index (Phi) is 43.6. The van der Waals surface area contributed by atoms with Crippen molar-refractivity contribution in [3.63, 3.8) is 0 Å². The van der Waals surface area contributed by atoms with Gasteiger partial charge in [-0.25, -0.2) is 0 Å². The van der Waals surface area contributed by atoms with Crippen LogP contribution in [0.3, 0.4) is 0 Å². The van der Waals surface area contributed by atoms with Crippen LogP contribution in [0.1, 0.15) is 252 Å². The molecule has 3 atom stereocenters. The van der Waals surface area contributed by atoms with E-state index in [4.69, 9.17) is 4.74 Å². The number of ether oxygens (including phenoxy) is 1. The molecule has 6 heteroatoms. The summed E-state index contributed by atoms with van der Waals surface area (Å²) < 4.78 is 5.89. The summed E-state index contributed by atoms with van der Waals surface area (Å²) in [5.74, 6) is -0.490. The first-order valence-electron chi connectivity index (χ1n) is 24.7. The van der Waals surface area contributed by atoms with E-state index < -0.39 is 18.2 Å². The molecular weight excluding hydrogens is 707 g/mol. The molecule has 0 aliphatic rings. The Balaban J connectivity index is 4.50. The molecule has 3 N–H and O–H groups in total. The standard InChI is InChI=1S/C51H95NO5/c1-4-7-10-13-16-19-21-23-24-25-27-29-32-34-37-40-43-49(54)48(46-53)52-50(55)45-47(57-51(56)44-41-38-35-30-18-15-12-9-6-3)42-39-36-33-31-28-26-22-20-17-14-11-8-5-2/h8,11,14,17,20,22,47-49,53-54H,4-7,9-10,12-13,15-16,18-19,21,23-46H2,1-3H3,(H,52,55)/b11-8+,17-14+,22-20+. The first-order chi connectivity index (χ1) is 28.0. The lowest BCUT2D eigenvalue weighted by atomic mass is 10.0. The van der Waals surface area contributed by atoms with Gasteiger partial charge in [-0.2, -0.15) is 0 Å². The highest BCUT2D eigenvalue weighted by molar-refractivity contribution is 5.77. The summed E-state index contributed by atoms with van der Waals surface area (Å²) in [6, 6.07) is -0.704. The molecule has 0 spiro atoms. The first kappa shape index (κ1) is 55.1. The smallest absolute Gasteiger partial charge is 0.306 e. The second-order valence-electron chi connectivity index (χ2n) is 16.9. The molecule has 0 saturated carbocycles. The average molecular weight is 802 g/mol. The Labute approximate surface area is 353 Å². The van der Waals surface area contributed by atoms with E-state index in [1.54, 1.807) is 0 Å². The van der Waals surface area contributed by atoms with Crippen molar-refractivity contribution in [2.24, 2.45) is 0 Å². The van der Waals surface area contributed by atoms with Crippen molar-refractivity contribution < 1.29 is 24.5 Å². The molecule has 0 aliphatic carbocycles. The van der Waals surface area contributed by atoms with Crippen molar-refractivity contribution in [2.75, 3.05) is 6.61 Å². The number of hydrogen-bond acceptors (Lipinski definition) is 5. The fourth-order valence-electron chi connectivity index (χ4n) is 7.55. The molecule has 0 aromatic heterocycles. The monoisotopic (exact) mass is 802 g/mol. The van der Waals surface area contributed by atoms with Gasteiger partial charge in [0.2, 0.25) is 5.91 Å². The third-order valence-corrected chi connectivity index (χ3v) is 11.3. The molecule has 0 aromatic carbocycles. The summed E-state index contributed by atoms with van der Waals surface area (Å²) in [6.45, 7) is 6.34. The first-order valence-corrected chi connectivity index (χ1v) is 24.7. The summed E-state index contributed by atoms with van der Waals surface area (Å²) in [5, 5.41) is 23.7. The van der Waals surface area contributed by atoms with E-state index in [0.717, 1.165) is 77.0 Å². The maximum Gasteiger partial charge on any atom is 0.306 e. The minimum atomic E-state index is -0.790. The van der Waals surface area contributed by atoms with Crippen LogP contribution in [0.5, 0.6) is 0 Å². The molecule has 0 fully saturated rings. The number of carbonyl (C=O) groups excluding carboxylic acids is 2. The zero-order valence-electron chi connectivity index (χ0n) is 38.0. The Hall–Kier alpha value is -1.92. The van der Waals surface area contributed by atoms with Crippen molar-refractivity contribution in [3.8, 4) is 0 Å². The fourth-order valence-corrected chi connectivity index (χ4v) is 7.55. The molecule has 0 heterocycles. The molecule has 0 aromatic rings. The van der Waals surface area contributed by atoms with Crippen LogP contribution in [0, 0.1) is 0 Å². The van der Waals surface area contributed by atoms with Crippen molar-refractivity contribution in [2.45, 2.75) is 270 Å². The highest BCUT2D eigenvalue weighted by Gasteiger charge is 2.24. The maximum absolute atomic E-state index is 13.2. The van der Waals surface area contributed by atoms with Crippen LogP contribution in [0.2, 0.25) is 0 Å². The van der Waals surface area contributed by atoms with Crippen LogP contribution >= 0.6 is 0 Å². The average Bonchev–Trinajstić information content (AvgIpc) is 3.20. The Bertz CT molecular complexity index is 946. The minimum absolute atomic E-state index is 0.0670. The summed E-state index contributed by atoms with van der Waals surface area (Å²) >= 11 is 0. The van der Waals surface area contributed by atoms with Crippen LogP contribution in [0.4, 0.5) is 0 Å². The van der Waals surface area contributed by atoms with E-state index in [0.29, 0.717) is 19.3 Å². The molecular formula is C51H95NO5. The van der Waals surface area contributed by atoms with Crippen molar-refractivity contribution in [1.29, 1.82) is 0 Å². The number of aliphatic hydroxyl groups excluding tert-OH is 2. The SMILES string of the molecule is CC/C=C/C=C/C=C/CCCCCCCC(CC(=O)NC(CO)C(O)CCCCCCCCCCCCCCCCCC)OC(=O)CCCCCCCCCCC. The topological polar surface area (TPSA) is 95.9 Å². The summed E-state index contributed by atoms with van der Waals surface area (Å²) in [5.41, 5.74) is 0. The lowest BCUT2D eigenvalue weighted by Gasteiger charge is -2.24. The zero-order valence-corrected chi connectivity index (χ0v) is 38.0. The van der Waals surface area contributed by atoms with Gasteiger partial charge in [-0.1, -0.05) is 231 Å². The lowest BCUT2D eigenvalue weighted by molar-refractivity contribution is -0.151. The van der Waals surface area contributed by atoms with Gasteiger partial charge in [-0.15, -0.1) is 0 Å². The largest absolute Gasteiger partial charge is 0.462 e. The van der Waals surface area contributed by atoms with Gasteiger partial charge < -0.3 is 20.3 Å². The molecule has 1 amide bonds. The van der Waals surface area contributed by atoms with Crippen LogP contribution in [0.25, 0.3) is 0 Å². The van der Waals surface area contributed by atoms with Gasteiger partial charge >= 0.3 is 5.97 Å². The van der Waals surface area contributed by atoms with Gasteiger partial charge in [0.25, 0.3) is 0 Å². The second kappa shape index (κ2) is 45.2. The van der Waals surface area contributed by atoms with E-state index in [1.165, 1.54) is 128 Å². The van der Waals surface area contributed by atoms with Crippen LogP contribution in [-0.4, -0.2) is 46.9 Å². The molecule has 0 rings (SSSR count). The fraction of sp³-hybridized carbons (Fsp3) is 0.843. The van der Waals surface area contributed by atoms with Crippen molar-refractivity contribution >= 4 is 11.9 Å². The van der Waals surface area contributed by atoms with Crippen molar-refractivity contribution in [3.05, 3.63) is 36.5 Å². The molecule has 57 heavy (non-hydrogen) atoms. The van der Waals surface area contributed by atoms with E-state index in [9.17, 15) is 19.8 Å². The Morgan fingerprint density at radius 3 is 1.42 bits per heavy atom. The van der Waals surface area contributed by atoms with Gasteiger partial charge in [0, 0.05) is 6.42 Å². The van der Waals surface area contributed by atoms with Gasteiger partial charge in [-0.05, 0) is 44.9 Å². The molecule has 0 saturated heterocycles. The van der Waals surface area contributed by atoms with Crippen LogP contribution in [0.15, 0.2) is 36.5 Å². The highest BCUT2D eigenvalue weighted by Crippen LogP contribution is 2.18. The summed E-state index contributed by atoms with van der Waals surface area (Å²) in [7, 11) is 0. The number of amides is 1. The lowest BCUT2D eigenvalue weighted by Crippen LogP contribution is -2.46. The highest BCUT2D eigenvalue weighted by atomic mass is 16.5. The Morgan fingerprint density at radius 1 is 0.526 bits per heavy atom. The van der Waals surface area contributed by atoms with Crippen molar-refractivity contribution in [1.82, 2.24) is 5.32 Å². The predicted octanol–water partition coefficient (Wildman–Crippen LogP) is 14.5. The number of esters is 1. The third-order valence-electron chi connectivity index (χ3n) is 11.3. The molecule has 3 unspecified atom stereocenters. The molecule has 0 radical (unpaired) electrons. The van der Waals surface area contributed by atoms with E-state index in [-0.39, 0.29) is 24.9 Å². The molecule has 0 aliphatic heterocycles. The Morgan fingerprint density at radius 2 is 0.947 bits per heavy atom. The van der Waals surface area contributed by atoms with E-state index >= 15 is 0 Å². The van der Waals surface area contributed by atoms with Crippen LogP contribution in [-0.2, 0) is 14.3 Å². The predicted molar refractivity (Wildman–Crippen MR) is 246 cm³/mol. The van der Waals surface area contributed by atoms with Gasteiger partial charge in [0.05, 0.1) is 25.2 Å². The van der Waals surface area contributed by atoms with Crippen LogP contribution < -0.4 is 5.32 Å².